The fourth-order valence-electron chi connectivity index (χ4n) is 2.83. The fraction of sp³-hybridized carbons (Fsp3) is 0.929. The van der Waals surface area contributed by atoms with Gasteiger partial charge in [0.05, 0.1) is 0 Å². The van der Waals surface area contributed by atoms with Gasteiger partial charge in [0.1, 0.15) is 0 Å². The van der Waals surface area contributed by atoms with Crippen molar-refractivity contribution in [1.29, 1.82) is 0 Å². The van der Waals surface area contributed by atoms with E-state index in [0.29, 0.717) is 6.42 Å². The minimum atomic E-state index is -0.0497. The lowest BCUT2D eigenvalue weighted by Gasteiger charge is -2.30. The summed E-state index contributed by atoms with van der Waals surface area (Å²) in [5, 5.41) is 0. The van der Waals surface area contributed by atoms with Crippen molar-refractivity contribution in [3.8, 4) is 0 Å². The first-order valence-electron chi connectivity index (χ1n) is 7.37. The van der Waals surface area contributed by atoms with Gasteiger partial charge in [0.15, 0.2) is 0 Å². The lowest BCUT2D eigenvalue weighted by molar-refractivity contribution is -0.121. The predicted octanol–water partition coefficient (Wildman–Crippen LogP) is 2.05. The maximum atomic E-state index is 11.0. The number of hydrogen-bond donors (Lipinski definition) is 2. The largest absolute Gasteiger partial charge is 0.300 e. The van der Waals surface area contributed by atoms with E-state index in [9.17, 15) is 4.79 Å². The second kappa shape index (κ2) is 8.48. The second-order valence-electron chi connectivity index (χ2n) is 5.85. The summed E-state index contributed by atoms with van der Waals surface area (Å²) in [6.45, 7) is 6.88. The van der Waals surface area contributed by atoms with Crippen LogP contribution in [0.25, 0.3) is 0 Å². The van der Waals surface area contributed by atoms with E-state index in [1.54, 1.807) is 0 Å². The molecule has 1 aliphatic carbocycles. The second-order valence-corrected chi connectivity index (χ2v) is 5.85. The van der Waals surface area contributed by atoms with Crippen LogP contribution in [-0.2, 0) is 4.79 Å². The maximum absolute atomic E-state index is 11.0. The van der Waals surface area contributed by atoms with Crippen LogP contribution in [0.5, 0.6) is 0 Å². The van der Waals surface area contributed by atoms with E-state index in [1.807, 2.05) is 0 Å². The van der Waals surface area contributed by atoms with Crippen molar-refractivity contribution in [3.63, 3.8) is 0 Å². The normalized spacial score (nSPS) is 16.7. The van der Waals surface area contributed by atoms with Crippen LogP contribution in [0.15, 0.2) is 0 Å². The van der Waals surface area contributed by atoms with Crippen molar-refractivity contribution in [2.75, 3.05) is 13.1 Å². The highest BCUT2D eigenvalue weighted by Crippen LogP contribution is 2.24. The van der Waals surface area contributed by atoms with Crippen LogP contribution in [0.3, 0.4) is 0 Å². The first kappa shape index (κ1) is 15.4. The van der Waals surface area contributed by atoms with E-state index in [4.69, 9.17) is 5.84 Å². The number of carbonyl (C=O) groups excluding carboxylic acids is 1. The molecule has 0 radical (unpaired) electrons. The Morgan fingerprint density at radius 3 is 2.56 bits per heavy atom. The van der Waals surface area contributed by atoms with Gasteiger partial charge in [0.25, 0.3) is 0 Å². The summed E-state index contributed by atoms with van der Waals surface area (Å²) < 4.78 is 0. The first-order valence-corrected chi connectivity index (χ1v) is 7.37. The summed E-state index contributed by atoms with van der Waals surface area (Å²) >= 11 is 0. The van der Waals surface area contributed by atoms with E-state index < -0.39 is 0 Å². The van der Waals surface area contributed by atoms with E-state index in [1.165, 1.54) is 32.2 Å². The molecule has 0 atom stereocenters. The number of amides is 1. The summed E-state index contributed by atoms with van der Waals surface area (Å²) in [6, 6.07) is 0.788. The van der Waals surface area contributed by atoms with E-state index >= 15 is 0 Å². The highest BCUT2D eigenvalue weighted by molar-refractivity contribution is 5.75. The van der Waals surface area contributed by atoms with Gasteiger partial charge in [-0.05, 0) is 38.1 Å². The average Bonchev–Trinajstić information content (AvgIpc) is 2.85. The van der Waals surface area contributed by atoms with Crippen LogP contribution in [0.1, 0.15) is 58.8 Å². The van der Waals surface area contributed by atoms with Crippen molar-refractivity contribution in [3.05, 3.63) is 0 Å². The molecular weight excluding hydrogens is 226 g/mol. The fourth-order valence-corrected chi connectivity index (χ4v) is 2.83. The molecule has 1 fully saturated rings. The SMILES string of the molecule is CC(C)CN(CCCCC(=O)NN)C1CCCC1. The Morgan fingerprint density at radius 2 is 2.00 bits per heavy atom. The molecule has 18 heavy (non-hydrogen) atoms. The van der Waals surface area contributed by atoms with Gasteiger partial charge < -0.3 is 4.90 Å². The van der Waals surface area contributed by atoms with Crippen molar-refractivity contribution in [2.24, 2.45) is 11.8 Å². The molecule has 4 heteroatoms. The van der Waals surface area contributed by atoms with Crippen LogP contribution < -0.4 is 11.3 Å². The summed E-state index contributed by atoms with van der Waals surface area (Å²) in [7, 11) is 0. The van der Waals surface area contributed by atoms with Gasteiger partial charge in [0.2, 0.25) is 5.91 Å². The number of hydrazine groups is 1. The Kier molecular flexibility index (Phi) is 7.28. The van der Waals surface area contributed by atoms with Crippen LogP contribution in [0.2, 0.25) is 0 Å². The minimum Gasteiger partial charge on any atom is -0.300 e. The molecule has 1 aliphatic rings. The summed E-state index contributed by atoms with van der Waals surface area (Å²) in [5.41, 5.74) is 2.19. The van der Waals surface area contributed by atoms with Crippen molar-refractivity contribution in [1.82, 2.24) is 10.3 Å². The molecule has 0 saturated heterocycles. The monoisotopic (exact) mass is 255 g/mol. The standard InChI is InChI=1S/C14H29N3O/c1-12(2)11-17(13-7-3-4-8-13)10-6-5-9-14(18)16-15/h12-13H,3-11,15H2,1-2H3,(H,16,18). The first-order chi connectivity index (χ1) is 8.63. The summed E-state index contributed by atoms with van der Waals surface area (Å²) in [5.74, 6) is 5.74. The van der Waals surface area contributed by atoms with Gasteiger partial charge in [0, 0.05) is 19.0 Å². The Labute approximate surface area is 111 Å². The third kappa shape index (κ3) is 5.83. The Hall–Kier alpha value is -0.610. The molecule has 0 spiro atoms. The molecule has 0 aromatic heterocycles. The highest BCUT2D eigenvalue weighted by Gasteiger charge is 2.22. The maximum Gasteiger partial charge on any atom is 0.233 e. The summed E-state index contributed by atoms with van der Waals surface area (Å²) in [6.07, 6.45) is 8.06. The molecule has 3 N–H and O–H groups in total. The molecule has 106 valence electrons. The molecule has 4 nitrogen and oxygen atoms in total. The molecule has 1 amide bonds. The summed E-state index contributed by atoms with van der Waals surface area (Å²) in [4.78, 5) is 13.7. The van der Waals surface area contributed by atoms with Crippen molar-refractivity contribution < 1.29 is 4.79 Å². The number of nitrogens with two attached hydrogens (primary N) is 1. The number of unbranched alkanes of at least 4 members (excludes halogenated alkanes) is 1. The van der Waals surface area contributed by atoms with Gasteiger partial charge in [-0.1, -0.05) is 26.7 Å². The quantitative estimate of drug-likeness (QED) is 0.302. The van der Waals surface area contributed by atoms with Gasteiger partial charge in [-0.15, -0.1) is 0 Å². The Bertz CT molecular complexity index is 237. The third-order valence-electron chi connectivity index (χ3n) is 3.70. The molecular formula is C14H29N3O. The number of carbonyl (C=O) groups is 1. The van der Waals surface area contributed by atoms with E-state index in [2.05, 4.69) is 24.2 Å². The molecule has 0 bridgehead atoms. The molecule has 0 heterocycles. The average molecular weight is 255 g/mol. The molecule has 0 aliphatic heterocycles. The zero-order valence-electron chi connectivity index (χ0n) is 12.0. The molecule has 0 aromatic carbocycles. The number of rotatable bonds is 8. The number of nitrogens with zero attached hydrogens (tertiary/aromatic N) is 1. The predicted molar refractivity (Wildman–Crippen MR) is 74.8 cm³/mol. The molecule has 0 aromatic rings. The smallest absolute Gasteiger partial charge is 0.233 e. The lowest BCUT2D eigenvalue weighted by atomic mass is 10.1. The highest BCUT2D eigenvalue weighted by atomic mass is 16.2. The van der Waals surface area contributed by atoms with Crippen LogP contribution in [0.4, 0.5) is 0 Å². The Balaban J connectivity index is 2.25. The van der Waals surface area contributed by atoms with E-state index in [-0.39, 0.29) is 5.91 Å². The van der Waals surface area contributed by atoms with Crippen molar-refractivity contribution >= 4 is 5.91 Å². The van der Waals surface area contributed by atoms with Gasteiger partial charge >= 0.3 is 0 Å². The topological polar surface area (TPSA) is 58.4 Å². The molecule has 1 saturated carbocycles. The van der Waals surface area contributed by atoms with Crippen LogP contribution >= 0.6 is 0 Å². The van der Waals surface area contributed by atoms with Gasteiger partial charge in [-0.25, -0.2) is 5.84 Å². The van der Waals surface area contributed by atoms with Gasteiger partial charge in [-0.2, -0.15) is 0 Å². The molecule has 1 rings (SSSR count). The van der Waals surface area contributed by atoms with E-state index in [0.717, 1.165) is 31.3 Å². The van der Waals surface area contributed by atoms with Crippen molar-refractivity contribution in [2.45, 2.75) is 64.8 Å². The zero-order valence-corrected chi connectivity index (χ0v) is 12.0. The zero-order chi connectivity index (χ0) is 13.4. The molecule has 0 unspecified atom stereocenters. The van der Waals surface area contributed by atoms with Crippen LogP contribution in [-0.4, -0.2) is 29.9 Å². The Morgan fingerprint density at radius 1 is 1.33 bits per heavy atom. The number of hydrogen-bond acceptors (Lipinski definition) is 3. The lowest BCUT2D eigenvalue weighted by Crippen LogP contribution is -2.37. The van der Waals surface area contributed by atoms with Crippen LogP contribution in [0, 0.1) is 5.92 Å². The third-order valence-corrected chi connectivity index (χ3v) is 3.70. The number of nitrogens with one attached hydrogen (secondary N) is 1. The van der Waals surface area contributed by atoms with Gasteiger partial charge in [-0.3, -0.25) is 10.2 Å². The minimum absolute atomic E-state index is 0.0497.